The summed E-state index contributed by atoms with van der Waals surface area (Å²) in [6.45, 7) is 0.251. The molecule has 0 atom stereocenters. The summed E-state index contributed by atoms with van der Waals surface area (Å²) >= 11 is 5.96. The Bertz CT molecular complexity index is 558. The highest BCUT2D eigenvalue weighted by Crippen LogP contribution is 2.16. The molecule has 1 aromatic carbocycles. The molecule has 0 bridgehead atoms. The number of carboxylic acids is 1. The van der Waals surface area contributed by atoms with Crippen molar-refractivity contribution in [2.24, 2.45) is 0 Å². The quantitative estimate of drug-likeness (QED) is 0.918. The third kappa shape index (κ3) is 2.95. The van der Waals surface area contributed by atoms with Crippen molar-refractivity contribution in [3.8, 4) is 5.88 Å². The first-order valence-electron chi connectivity index (χ1n) is 5.08. The maximum absolute atomic E-state index is 10.6. The molecule has 5 nitrogen and oxygen atoms in total. The highest BCUT2D eigenvalue weighted by atomic mass is 35.5. The van der Waals surface area contributed by atoms with Gasteiger partial charge >= 0.3 is 5.97 Å². The fourth-order valence-corrected chi connectivity index (χ4v) is 1.46. The van der Waals surface area contributed by atoms with Crippen LogP contribution >= 0.6 is 11.6 Å². The number of ether oxygens (including phenoxy) is 1. The van der Waals surface area contributed by atoms with Gasteiger partial charge in [0.15, 0.2) is 5.69 Å². The number of carbonyl (C=O) groups is 1. The molecule has 0 aliphatic heterocycles. The lowest BCUT2D eigenvalue weighted by Gasteiger charge is -2.06. The van der Waals surface area contributed by atoms with E-state index in [1.54, 1.807) is 6.07 Å². The lowest BCUT2D eigenvalue weighted by atomic mass is 10.2. The molecule has 1 heterocycles. The Labute approximate surface area is 108 Å². The normalized spacial score (nSPS) is 10.1. The number of rotatable bonds is 4. The molecule has 92 valence electrons. The number of aromatic nitrogens is 2. The number of halogens is 1. The predicted molar refractivity (Wildman–Crippen MR) is 64.8 cm³/mol. The number of hydrogen-bond donors (Lipinski definition) is 1. The van der Waals surface area contributed by atoms with Gasteiger partial charge in [0.05, 0.1) is 12.4 Å². The van der Waals surface area contributed by atoms with Crippen LogP contribution in [0.1, 0.15) is 16.1 Å². The molecule has 0 saturated carbocycles. The van der Waals surface area contributed by atoms with Gasteiger partial charge in [-0.15, -0.1) is 0 Å². The van der Waals surface area contributed by atoms with Gasteiger partial charge in [0, 0.05) is 10.6 Å². The lowest BCUT2D eigenvalue weighted by Crippen LogP contribution is -2.03. The van der Waals surface area contributed by atoms with Crippen molar-refractivity contribution in [3.63, 3.8) is 0 Å². The van der Waals surface area contributed by atoms with Gasteiger partial charge in [0.2, 0.25) is 5.88 Å². The average Bonchev–Trinajstić information content (AvgIpc) is 2.38. The van der Waals surface area contributed by atoms with Crippen LogP contribution in [-0.2, 0) is 6.61 Å². The first-order valence-corrected chi connectivity index (χ1v) is 5.46. The van der Waals surface area contributed by atoms with Gasteiger partial charge in [0.25, 0.3) is 0 Å². The predicted octanol–water partition coefficient (Wildman–Crippen LogP) is 2.41. The Morgan fingerprint density at radius 2 is 2.06 bits per heavy atom. The zero-order chi connectivity index (χ0) is 13.0. The van der Waals surface area contributed by atoms with Gasteiger partial charge in [0.1, 0.15) is 6.61 Å². The Morgan fingerprint density at radius 3 is 2.67 bits per heavy atom. The smallest absolute Gasteiger partial charge is 0.356 e. The van der Waals surface area contributed by atoms with Crippen LogP contribution in [0.2, 0.25) is 5.02 Å². The molecule has 2 rings (SSSR count). The minimum Gasteiger partial charge on any atom is -0.476 e. The van der Waals surface area contributed by atoms with Crippen molar-refractivity contribution in [3.05, 3.63) is 52.9 Å². The van der Waals surface area contributed by atoms with Gasteiger partial charge in [-0.05, 0) is 6.07 Å². The highest BCUT2D eigenvalue weighted by molar-refractivity contribution is 6.31. The summed E-state index contributed by atoms with van der Waals surface area (Å²) in [5.41, 5.74) is 0.698. The third-order valence-corrected chi connectivity index (χ3v) is 2.55. The Morgan fingerprint density at radius 1 is 1.28 bits per heavy atom. The van der Waals surface area contributed by atoms with E-state index in [4.69, 9.17) is 21.4 Å². The number of nitrogens with zero attached hydrogens (tertiary/aromatic N) is 2. The lowest BCUT2D eigenvalue weighted by molar-refractivity contribution is 0.0689. The van der Waals surface area contributed by atoms with Gasteiger partial charge in [-0.2, -0.15) is 0 Å². The van der Waals surface area contributed by atoms with E-state index >= 15 is 0 Å². The maximum Gasteiger partial charge on any atom is 0.356 e. The molecule has 0 fully saturated rings. The number of aromatic carboxylic acids is 1. The Balaban J connectivity index is 2.02. The van der Waals surface area contributed by atoms with Crippen LogP contribution in [0.3, 0.4) is 0 Å². The molecule has 0 saturated heterocycles. The van der Waals surface area contributed by atoms with E-state index in [0.717, 1.165) is 11.8 Å². The molecular weight excluding hydrogens is 256 g/mol. The fraction of sp³-hybridized carbons (Fsp3) is 0.0833. The van der Waals surface area contributed by atoms with Crippen LogP contribution in [0, 0.1) is 0 Å². The average molecular weight is 265 g/mol. The fourth-order valence-electron chi connectivity index (χ4n) is 1.27. The Hall–Kier alpha value is -2.14. The molecule has 1 N–H and O–H groups in total. The molecule has 0 radical (unpaired) electrons. The molecule has 0 spiro atoms. The maximum atomic E-state index is 10.6. The molecule has 18 heavy (non-hydrogen) atoms. The van der Waals surface area contributed by atoms with Crippen LogP contribution in [0.15, 0.2) is 36.7 Å². The van der Waals surface area contributed by atoms with Gasteiger partial charge in [-0.1, -0.05) is 29.8 Å². The highest BCUT2D eigenvalue weighted by Gasteiger charge is 2.06. The third-order valence-electron chi connectivity index (χ3n) is 2.18. The summed E-state index contributed by atoms with van der Waals surface area (Å²) in [5, 5.41) is 9.26. The van der Waals surface area contributed by atoms with Crippen molar-refractivity contribution in [2.45, 2.75) is 6.61 Å². The first kappa shape index (κ1) is 12.3. The summed E-state index contributed by atoms with van der Waals surface area (Å²) in [6.07, 6.45) is 2.41. The van der Waals surface area contributed by atoms with Crippen molar-refractivity contribution >= 4 is 17.6 Å². The van der Waals surface area contributed by atoms with Gasteiger partial charge < -0.3 is 9.84 Å². The Kier molecular flexibility index (Phi) is 3.74. The van der Waals surface area contributed by atoms with Crippen LogP contribution in [0.5, 0.6) is 5.88 Å². The molecule has 1 aromatic heterocycles. The SMILES string of the molecule is O=C(O)c1cnc(OCc2ccccc2Cl)cn1. The number of carboxylic acid groups (broad SMARTS) is 1. The first-order chi connectivity index (χ1) is 8.66. The van der Waals surface area contributed by atoms with Gasteiger partial charge in [-0.3, -0.25) is 0 Å². The van der Waals surface area contributed by atoms with E-state index in [1.165, 1.54) is 6.20 Å². The van der Waals surface area contributed by atoms with Crippen LogP contribution in [-0.4, -0.2) is 21.0 Å². The minimum atomic E-state index is -1.12. The van der Waals surface area contributed by atoms with Crippen molar-refractivity contribution in [1.29, 1.82) is 0 Å². The molecule has 0 aliphatic carbocycles. The van der Waals surface area contributed by atoms with Gasteiger partial charge in [-0.25, -0.2) is 14.8 Å². The van der Waals surface area contributed by atoms with Crippen LogP contribution < -0.4 is 4.74 Å². The minimum absolute atomic E-state index is 0.125. The number of benzene rings is 1. The van der Waals surface area contributed by atoms with E-state index < -0.39 is 5.97 Å². The van der Waals surface area contributed by atoms with E-state index in [9.17, 15) is 4.79 Å². The molecule has 6 heteroatoms. The summed E-state index contributed by atoms with van der Waals surface area (Å²) < 4.78 is 5.36. The van der Waals surface area contributed by atoms with Crippen molar-refractivity contribution in [2.75, 3.05) is 0 Å². The molecular formula is C12H9ClN2O3. The van der Waals surface area contributed by atoms with Crippen LogP contribution in [0.4, 0.5) is 0 Å². The van der Waals surface area contributed by atoms with Crippen molar-refractivity contribution < 1.29 is 14.6 Å². The molecule has 0 unspecified atom stereocenters. The summed E-state index contributed by atoms with van der Waals surface area (Å²) in [6, 6.07) is 7.28. The molecule has 2 aromatic rings. The summed E-state index contributed by atoms with van der Waals surface area (Å²) in [5.74, 6) is -0.875. The molecule has 0 amide bonds. The second kappa shape index (κ2) is 5.46. The zero-order valence-corrected chi connectivity index (χ0v) is 9.96. The van der Waals surface area contributed by atoms with E-state index in [2.05, 4.69) is 9.97 Å². The van der Waals surface area contributed by atoms with E-state index in [0.29, 0.717) is 5.02 Å². The number of hydrogen-bond acceptors (Lipinski definition) is 4. The second-order valence-electron chi connectivity index (χ2n) is 3.43. The summed E-state index contributed by atoms with van der Waals surface area (Å²) in [4.78, 5) is 18.1. The largest absolute Gasteiger partial charge is 0.476 e. The van der Waals surface area contributed by atoms with E-state index in [-0.39, 0.29) is 18.2 Å². The standard InChI is InChI=1S/C12H9ClN2O3/c13-9-4-2-1-3-8(9)7-18-11-6-14-10(5-15-11)12(16)17/h1-6H,7H2,(H,16,17). The van der Waals surface area contributed by atoms with E-state index in [1.807, 2.05) is 18.2 Å². The monoisotopic (exact) mass is 264 g/mol. The summed E-state index contributed by atoms with van der Waals surface area (Å²) in [7, 11) is 0. The second-order valence-corrected chi connectivity index (χ2v) is 3.83. The zero-order valence-electron chi connectivity index (χ0n) is 9.21. The van der Waals surface area contributed by atoms with Crippen molar-refractivity contribution in [1.82, 2.24) is 9.97 Å². The molecule has 0 aliphatic rings. The van der Waals surface area contributed by atoms with Crippen LogP contribution in [0.25, 0.3) is 0 Å². The topological polar surface area (TPSA) is 72.3 Å².